The first-order valence-electron chi connectivity index (χ1n) is 8.55. The molecule has 0 radical (unpaired) electrons. The van der Waals surface area contributed by atoms with Crippen LogP contribution in [0.15, 0.2) is 65.1 Å². The summed E-state index contributed by atoms with van der Waals surface area (Å²) < 4.78 is 46.0. The Balaban J connectivity index is 2.05. The second-order valence-electron chi connectivity index (χ2n) is 6.22. The van der Waals surface area contributed by atoms with E-state index in [1.165, 1.54) is 40.7 Å². The molecule has 0 bridgehead atoms. The van der Waals surface area contributed by atoms with Crippen molar-refractivity contribution >= 4 is 16.0 Å². The second kappa shape index (κ2) is 7.62. The monoisotopic (exact) mass is 389 g/mol. The van der Waals surface area contributed by atoms with Crippen molar-refractivity contribution in [3.8, 4) is 0 Å². The molecule has 3 rings (SSSR count). The van der Waals surface area contributed by atoms with Crippen LogP contribution in [-0.2, 0) is 19.6 Å². The summed E-state index contributed by atoms with van der Waals surface area (Å²) in [5.74, 6) is -1.01. The Bertz CT molecular complexity index is 966. The molecule has 2 aromatic carbocycles. The lowest BCUT2D eigenvalue weighted by Gasteiger charge is -2.26. The van der Waals surface area contributed by atoms with Gasteiger partial charge in [0.1, 0.15) is 5.82 Å². The molecule has 1 atom stereocenters. The number of hydrogen-bond donors (Lipinski definition) is 0. The van der Waals surface area contributed by atoms with Gasteiger partial charge in [-0.1, -0.05) is 35.9 Å². The van der Waals surface area contributed by atoms with Gasteiger partial charge in [-0.15, -0.1) is 0 Å². The number of benzene rings is 2. The second-order valence-corrected chi connectivity index (χ2v) is 8.11. The summed E-state index contributed by atoms with van der Waals surface area (Å²) in [5, 5.41) is 0. The molecule has 5 nitrogen and oxygen atoms in total. The smallest absolute Gasteiger partial charge is 0.335 e. The highest BCUT2D eigenvalue weighted by molar-refractivity contribution is 7.89. The van der Waals surface area contributed by atoms with E-state index in [2.05, 4.69) is 0 Å². The SMILES string of the molecule is CCOC(=O)C1=CCN(S(=O)(=O)c2ccc(C)cc2)C1c1ccc(F)cc1. The molecule has 1 unspecified atom stereocenters. The molecular formula is C20H20FNO4S. The summed E-state index contributed by atoms with van der Waals surface area (Å²) in [6.45, 7) is 3.76. The first-order chi connectivity index (χ1) is 12.8. The van der Waals surface area contributed by atoms with Crippen molar-refractivity contribution in [3.05, 3.63) is 77.1 Å². The van der Waals surface area contributed by atoms with E-state index < -0.39 is 27.9 Å². The maximum Gasteiger partial charge on any atom is 0.335 e. The highest BCUT2D eigenvalue weighted by Crippen LogP contribution is 2.38. The van der Waals surface area contributed by atoms with Gasteiger partial charge >= 0.3 is 5.97 Å². The van der Waals surface area contributed by atoms with Gasteiger partial charge in [-0.3, -0.25) is 0 Å². The number of carbonyl (C=O) groups excluding carboxylic acids is 1. The van der Waals surface area contributed by atoms with Gasteiger partial charge in [0.25, 0.3) is 0 Å². The molecule has 0 fully saturated rings. The Morgan fingerprint density at radius 1 is 1.15 bits per heavy atom. The van der Waals surface area contributed by atoms with E-state index in [1.807, 2.05) is 6.92 Å². The van der Waals surface area contributed by atoms with Gasteiger partial charge in [0.15, 0.2) is 0 Å². The Labute approximate surface area is 158 Å². The van der Waals surface area contributed by atoms with E-state index in [0.29, 0.717) is 5.56 Å². The molecule has 0 amide bonds. The average Bonchev–Trinajstić information content (AvgIpc) is 3.09. The van der Waals surface area contributed by atoms with Crippen molar-refractivity contribution in [2.45, 2.75) is 24.8 Å². The first kappa shape index (κ1) is 19.3. The third kappa shape index (κ3) is 3.79. The van der Waals surface area contributed by atoms with E-state index in [9.17, 15) is 17.6 Å². The summed E-state index contributed by atoms with van der Waals surface area (Å²) >= 11 is 0. The fraction of sp³-hybridized carbons (Fsp3) is 0.250. The molecule has 0 aliphatic carbocycles. The molecule has 0 spiro atoms. The summed E-state index contributed by atoms with van der Waals surface area (Å²) in [7, 11) is -3.86. The number of nitrogens with zero attached hydrogens (tertiary/aromatic N) is 1. The van der Waals surface area contributed by atoms with Gasteiger partial charge in [0.05, 0.1) is 23.1 Å². The van der Waals surface area contributed by atoms with Crippen LogP contribution < -0.4 is 0 Å². The van der Waals surface area contributed by atoms with Crippen LogP contribution in [-0.4, -0.2) is 31.8 Å². The van der Waals surface area contributed by atoms with Gasteiger partial charge in [-0.05, 0) is 43.7 Å². The summed E-state index contributed by atoms with van der Waals surface area (Å²) in [5.41, 5.74) is 1.68. The number of ether oxygens (including phenoxy) is 1. The number of rotatable bonds is 5. The summed E-state index contributed by atoms with van der Waals surface area (Å²) in [6.07, 6.45) is 1.55. The van der Waals surface area contributed by atoms with Crippen molar-refractivity contribution in [1.82, 2.24) is 4.31 Å². The summed E-state index contributed by atoms with van der Waals surface area (Å²) in [4.78, 5) is 12.5. The Morgan fingerprint density at radius 3 is 2.37 bits per heavy atom. The van der Waals surface area contributed by atoms with E-state index in [4.69, 9.17) is 4.74 Å². The van der Waals surface area contributed by atoms with Crippen LogP contribution in [0, 0.1) is 12.7 Å². The molecule has 2 aromatic rings. The van der Waals surface area contributed by atoms with Gasteiger partial charge in [-0.25, -0.2) is 17.6 Å². The molecular weight excluding hydrogens is 369 g/mol. The van der Waals surface area contributed by atoms with Gasteiger partial charge in [0.2, 0.25) is 10.0 Å². The van der Waals surface area contributed by atoms with Crippen molar-refractivity contribution < 1.29 is 22.3 Å². The van der Waals surface area contributed by atoms with E-state index >= 15 is 0 Å². The molecule has 0 N–H and O–H groups in total. The van der Waals surface area contributed by atoms with Crippen molar-refractivity contribution in [2.75, 3.05) is 13.2 Å². The number of hydrogen-bond acceptors (Lipinski definition) is 4. The molecule has 0 aromatic heterocycles. The Kier molecular flexibility index (Phi) is 5.43. The Hall–Kier alpha value is -2.51. The zero-order valence-corrected chi connectivity index (χ0v) is 15.9. The number of esters is 1. The van der Waals surface area contributed by atoms with Crippen molar-refractivity contribution in [1.29, 1.82) is 0 Å². The third-order valence-corrected chi connectivity index (χ3v) is 6.24. The first-order valence-corrected chi connectivity index (χ1v) is 9.99. The van der Waals surface area contributed by atoms with E-state index in [-0.39, 0.29) is 23.6 Å². The highest BCUT2D eigenvalue weighted by Gasteiger charge is 2.41. The van der Waals surface area contributed by atoms with Gasteiger partial charge < -0.3 is 4.74 Å². The van der Waals surface area contributed by atoms with Crippen LogP contribution in [0.3, 0.4) is 0 Å². The number of aryl methyl sites for hydroxylation is 1. The van der Waals surface area contributed by atoms with Crippen LogP contribution in [0.1, 0.15) is 24.1 Å². The highest BCUT2D eigenvalue weighted by atomic mass is 32.2. The van der Waals surface area contributed by atoms with Crippen LogP contribution in [0.25, 0.3) is 0 Å². The predicted octanol–water partition coefficient (Wildman–Crippen LogP) is 3.37. The predicted molar refractivity (Wildman–Crippen MR) is 98.9 cm³/mol. The lowest BCUT2D eigenvalue weighted by atomic mass is 10.0. The molecule has 1 heterocycles. The van der Waals surface area contributed by atoms with E-state index in [0.717, 1.165) is 5.56 Å². The number of carbonyl (C=O) groups is 1. The topological polar surface area (TPSA) is 63.7 Å². The van der Waals surface area contributed by atoms with Crippen LogP contribution in [0.5, 0.6) is 0 Å². The van der Waals surface area contributed by atoms with Crippen LogP contribution >= 0.6 is 0 Å². The lowest BCUT2D eigenvalue weighted by molar-refractivity contribution is -0.138. The van der Waals surface area contributed by atoms with Gasteiger partial charge in [-0.2, -0.15) is 4.31 Å². The number of halogens is 1. The minimum atomic E-state index is -3.86. The molecule has 1 aliphatic rings. The largest absolute Gasteiger partial charge is 0.463 e. The molecule has 27 heavy (non-hydrogen) atoms. The zero-order valence-electron chi connectivity index (χ0n) is 15.1. The molecule has 1 aliphatic heterocycles. The average molecular weight is 389 g/mol. The normalized spacial score (nSPS) is 17.6. The minimum absolute atomic E-state index is 0.0341. The van der Waals surface area contributed by atoms with Crippen molar-refractivity contribution in [2.24, 2.45) is 0 Å². The third-order valence-electron chi connectivity index (χ3n) is 4.40. The summed E-state index contributed by atoms with van der Waals surface area (Å²) in [6, 6.07) is 11.1. The fourth-order valence-corrected chi connectivity index (χ4v) is 4.58. The Morgan fingerprint density at radius 2 is 1.78 bits per heavy atom. The van der Waals surface area contributed by atoms with E-state index in [1.54, 1.807) is 25.1 Å². The molecule has 7 heteroatoms. The molecule has 0 saturated heterocycles. The van der Waals surface area contributed by atoms with Crippen LogP contribution in [0.2, 0.25) is 0 Å². The number of sulfonamides is 1. The lowest BCUT2D eigenvalue weighted by Crippen LogP contribution is -2.33. The maximum atomic E-state index is 13.3. The fourth-order valence-electron chi connectivity index (χ4n) is 3.04. The van der Waals surface area contributed by atoms with Gasteiger partial charge in [0, 0.05) is 6.54 Å². The quantitative estimate of drug-likeness (QED) is 0.736. The standard InChI is InChI=1S/C20H20FNO4S/c1-3-26-20(23)18-12-13-22(19(18)15-6-8-16(21)9-7-15)27(24,25)17-10-4-14(2)5-11-17/h4-12,19H,3,13H2,1-2H3. The van der Waals surface area contributed by atoms with Crippen molar-refractivity contribution in [3.63, 3.8) is 0 Å². The molecule has 0 saturated carbocycles. The minimum Gasteiger partial charge on any atom is -0.463 e. The molecule has 142 valence electrons. The van der Waals surface area contributed by atoms with Crippen LogP contribution in [0.4, 0.5) is 4.39 Å². The maximum absolute atomic E-state index is 13.3. The zero-order chi connectivity index (χ0) is 19.6.